The fourth-order valence-electron chi connectivity index (χ4n) is 3.14. The number of urea groups is 1. The summed E-state index contributed by atoms with van der Waals surface area (Å²) in [6.07, 6.45) is 0. The molecule has 2 aromatic carbocycles. The molecule has 0 radical (unpaired) electrons. The van der Waals surface area contributed by atoms with Crippen LogP contribution in [0.15, 0.2) is 30.3 Å². The highest BCUT2D eigenvalue weighted by Gasteiger charge is 2.49. The van der Waals surface area contributed by atoms with Crippen molar-refractivity contribution in [1.82, 2.24) is 10.2 Å². The fourth-order valence-corrected chi connectivity index (χ4v) is 3.43. The van der Waals surface area contributed by atoms with E-state index in [2.05, 4.69) is 5.32 Å². The number of nitrogens with one attached hydrogen (secondary N) is 1. The van der Waals surface area contributed by atoms with E-state index in [1.807, 2.05) is 0 Å². The van der Waals surface area contributed by atoms with Gasteiger partial charge in [0.05, 0.1) is 11.6 Å². The molecular formula is C18H13ClF2N2O4. The highest BCUT2D eigenvalue weighted by atomic mass is 35.5. The highest BCUT2D eigenvalue weighted by molar-refractivity contribution is 6.32. The number of fused-ring (bicyclic) bond motifs is 1. The Balaban J connectivity index is 1.63. The van der Waals surface area contributed by atoms with E-state index in [0.29, 0.717) is 22.1 Å². The Hall–Kier alpha value is -2.87. The summed E-state index contributed by atoms with van der Waals surface area (Å²) in [5, 5.41) is 2.84. The summed E-state index contributed by atoms with van der Waals surface area (Å²) in [4.78, 5) is 26.3. The number of carbonyl (C=O) groups excluding carboxylic acids is 2. The molecule has 1 fully saturated rings. The lowest BCUT2D eigenvalue weighted by atomic mass is 9.92. The van der Waals surface area contributed by atoms with Gasteiger partial charge < -0.3 is 14.8 Å². The van der Waals surface area contributed by atoms with Crippen LogP contribution in [0.4, 0.5) is 13.6 Å². The van der Waals surface area contributed by atoms with Crippen LogP contribution in [0.25, 0.3) is 0 Å². The molecule has 6 nitrogen and oxygen atoms in total. The molecular weight excluding hydrogens is 382 g/mol. The summed E-state index contributed by atoms with van der Waals surface area (Å²) in [6, 6.07) is 5.62. The van der Waals surface area contributed by atoms with Gasteiger partial charge in [-0.2, -0.15) is 0 Å². The molecule has 2 aliphatic heterocycles. The van der Waals surface area contributed by atoms with E-state index in [-0.39, 0.29) is 18.9 Å². The number of imide groups is 1. The first-order valence-corrected chi connectivity index (χ1v) is 8.35. The van der Waals surface area contributed by atoms with Gasteiger partial charge in [-0.15, -0.1) is 0 Å². The second-order valence-corrected chi connectivity index (χ2v) is 6.79. The van der Waals surface area contributed by atoms with Crippen molar-refractivity contribution in [2.45, 2.75) is 19.0 Å². The average molecular weight is 395 g/mol. The smallest absolute Gasteiger partial charge is 0.325 e. The van der Waals surface area contributed by atoms with Crippen LogP contribution in [0.5, 0.6) is 11.5 Å². The molecule has 0 aromatic heterocycles. The summed E-state index contributed by atoms with van der Waals surface area (Å²) < 4.78 is 37.3. The zero-order valence-electron chi connectivity index (χ0n) is 14.0. The SMILES string of the molecule is CC1(c2ccc(F)c(F)c2)NC(=O)N(Cc2cc(Cl)c3c(c2)OCO3)C1=O. The van der Waals surface area contributed by atoms with Crippen LogP contribution in [-0.4, -0.2) is 23.6 Å². The minimum absolute atomic E-state index is 0.0375. The van der Waals surface area contributed by atoms with Crippen LogP contribution in [-0.2, 0) is 16.9 Å². The van der Waals surface area contributed by atoms with E-state index in [1.54, 1.807) is 12.1 Å². The lowest BCUT2D eigenvalue weighted by Gasteiger charge is -2.22. The molecule has 0 bridgehead atoms. The van der Waals surface area contributed by atoms with Crippen molar-refractivity contribution in [1.29, 1.82) is 0 Å². The lowest BCUT2D eigenvalue weighted by Crippen LogP contribution is -2.41. The van der Waals surface area contributed by atoms with Gasteiger partial charge in [-0.1, -0.05) is 17.7 Å². The summed E-state index contributed by atoms with van der Waals surface area (Å²) in [5.41, 5.74) is -0.806. The number of hydrogen-bond acceptors (Lipinski definition) is 4. The third-order valence-corrected chi connectivity index (χ3v) is 4.88. The van der Waals surface area contributed by atoms with Gasteiger partial charge >= 0.3 is 6.03 Å². The Morgan fingerprint density at radius 1 is 1.19 bits per heavy atom. The summed E-state index contributed by atoms with van der Waals surface area (Å²) >= 11 is 6.13. The minimum Gasteiger partial charge on any atom is -0.454 e. The number of nitrogens with zero attached hydrogens (tertiary/aromatic N) is 1. The highest BCUT2D eigenvalue weighted by Crippen LogP contribution is 2.40. The maximum absolute atomic E-state index is 13.6. The van der Waals surface area contributed by atoms with Gasteiger partial charge in [-0.25, -0.2) is 13.6 Å². The van der Waals surface area contributed by atoms with E-state index < -0.39 is 29.1 Å². The lowest BCUT2D eigenvalue weighted by molar-refractivity contribution is -0.131. The van der Waals surface area contributed by atoms with Gasteiger partial charge in [0.15, 0.2) is 23.1 Å². The van der Waals surface area contributed by atoms with Crippen LogP contribution in [0, 0.1) is 11.6 Å². The van der Waals surface area contributed by atoms with Crippen LogP contribution in [0.3, 0.4) is 0 Å². The molecule has 0 saturated carbocycles. The third kappa shape index (κ3) is 2.76. The molecule has 27 heavy (non-hydrogen) atoms. The molecule has 0 spiro atoms. The molecule has 9 heteroatoms. The number of halogens is 3. The monoisotopic (exact) mass is 394 g/mol. The van der Waals surface area contributed by atoms with Gasteiger partial charge in [0.2, 0.25) is 6.79 Å². The Morgan fingerprint density at radius 2 is 1.96 bits per heavy atom. The number of benzene rings is 2. The van der Waals surface area contributed by atoms with E-state index >= 15 is 0 Å². The van der Waals surface area contributed by atoms with Crippen molar-refractivity contribution in [3.63, 3.8) is 0 Å². The molecule has 3 amide bonds. The van der Waals surface area contributed by atoms with Crippen molar-refractivity contribution in [3.8, 4) is 11.5 Å². The molecule has 4 rings (SSSR count). The maximum atomic E-state index is 13.6. The second-order valence-electron chi connectivity index (χ2n) is 6.39. The third-order valence-electron chi connectivity index (χ3n) is 4.60. The van der Waals surface area contributed by atoms with E-state index in [0.717, 1.165) is 17.0 Å². The topological polar surface area (TPSA) is 67.9 Å². The number of rotatable bonds is 3. The van der Waals surface area contributed by atoms with Gasteiger partial charge in [0.25, 0.3) is 5.91 Å². The Bertz CT molecular complexity index is 984. The van der Waals surface area contributed by atoms with Crippen LogP contribution in [0.2, 0.25) is 5.02 Å². The Labute approximate surface area is 157 Å². The molecule has 1 atom stereocenters. The van der Waals surface area contributed by atoms with Gasteiger partial charge in [0.1, 0.15) is 5.54 Å². The Morgan fingerprint density at radius 3 is 2.70 bits per heavy atom. The van der Waals surface area contributed by atoms with Crippen molar-refractivity contribution in [2.75, 3.05) is 6.79 Å². The zero-order valence-corrected chi connectivity index (χ0v) is 14.8. The van der Waals surface area contributed by atoms with Crippen molar-refractivity contribution < 1.29 is 27.8 Å². The first-order chi connectivity index (χ1) is 12.8. The largest absolute Gasteiger partial charge is 0.454 e. The fraction of sp³-hybridized carbons (Fsp3) is 0.222. The molecule has 1 unspecified atom stereocenters. The van der Waals surface area contributed by atoms with Crippen molar-refractivity contribution in [3.05, 3.63) is 58.1 Å². The number of amides is 3. The Kier molecular flexibility index (Phi) is 3.96. The zero-order chi connectivity index (χ0) is 19.3. The maximum Gasteiger partial charge on any atom is 0.325 e. The molecule has 2 heterocycles. The second kappa shape index (κ2) is 6.09. The van der Waals surface area contributed by atoms with Crippen molar-refractivity contribution >= 4 is 23.5 Å². The van der Waals surface area contributed by atoms with E-state index in [1.165, 1.54) is 13.0 Å². The molecule has 1 saturated heterocycles. The quantitative estimate of drug-likeness (QED) is 0.811. The summed E-state index contributed by atoms with van der Waals surface area (Å²) in [5.74, 6) is -1.90. The molecule has 0 aliphatic carbocycles. The van der Waals surface area contributed by atoms with E-state index in [4.69, 9.17) is 21.1 Å². The standard InChI is InChI=1S/C18H13ClF2N2O4/c1-18(10-2-3-12(20)13(21)6-10)16(24)23(17(25)22-18)7-9-4-11(19)15-14(5-9)26-8-27-15/h2-6H,7-8H2,1H3,(H,22,25). The predicted molar refractivity (Wildman–Crippen MR) is 90.4 cm³/mol. The van der Waals surface area contributed by atoms with E-state index in [9.17, 15) is 18.4 Å². The predicted octanol–water partition coefficient (Wildman–Crippen LogP) is 3.31. The number of carbonyl (C=O) groups is 2. The summed E-state index contributed by atoms with van der Waals surface area (Å²) in [6.45, 7) is 1.41. The van der Waals surface area contributed by atoms with Crippen LogP contribution in [0.1, 0.15) is 18.1 Å². The van der Waals surface area contributed by atoms with Gasteiger partial charge in [-0.05, 0) is 42.3 Å². The first-order valence-electron chi connectivity index (χ1n) is 7.97. The summed E-state index contributed by atoms with van der Waals surface area (Å²) in [7, 11) is 0. The first kappa shape index (κ1) is 17.5. The molecule has 2 aliphatic rings. The molecule has 140 valence electrons. The molecule has 1 N–H and O–H groups in total. The van der Waals surface area contributed by atoms with Crippen molar-refractivity contribution in [2.24, 2.45) is 0 Å². The number of hydrogen-bond donors (Lipinski definition) is 1. The average Bonchev–Trinajstić information content (AvgIpc) is 3.17. The van der Waals surface area contributed by atoms with Crippen LogP contribution >= 0.6 is 11.6 Å². The minimum atomic E-state index is -1.51. The van der Waals surface area contributed by atoms with Gasteiger partial charge in [-0.3, -0.25) is 9.69 Å². The van der Waals surface area contributed by atoms with Crippen LogP contribution < -0.4 is 14.8 Å². The normalized spacial score (nSPS) is 21.0. The molecule has 2 aromatic rings. The van der Waals surface area contributed by atoms with Gasteiger partial charge in [0, 0.05) is 0 Å². The number of ether oxygens (including phenoxy) is 2.